The van der Waals surface area contributed by atoms with Crippen LogP contribution >= 0.6 is 0 Å². The first-order valence-corrected chi connectivity index (χ1v) is 8.12. The smallest absolute Gasteiger partial charge is 0.244 e. The Kier molecular flexibility index (Phi) is 5.04. The van der Waals surface area contributed by atoms with Gasteiger partial charge in [0.25, 0.3) is 0 Å². The normalized spacial score (nSPS) is 12.2. The van der Waals surface area contributed by atoms with Crippen molar-refractivity contribution in [2.45, 2.75) is 19.9 Å². The van der Waals surface area contributed by atoms with Crippen LogP contribution in [0.3, 0.4) is 0 Å². The van der Waals surface area contributed by atoms with Gasteiger partial charge in [-0.2, -0.15) is 5.10 Å². The molecule has 5 heteroatoms. The second-order valence-electron chi connectivity index (χ2n) is 5.91. The summed E-state index contributed by atoms with van der Waals surface area (Å²) in [5.41, 5.74) is 4.14. The van der Waals surface area contributed by atoms with Crippen molar-refractivity contribution in [1.29, 1.82) is 0 Å². The van der Waals surface area contributed by atoms with E-state index in [1.165, 1.54) is 11.9 Å². The van der Waals surface area contributed by atoms with E-state index < -0.39 is 0 Å². The highest BCUT2D eigenvalue weighted by atomic mass is 16.1. The van der Waals surface area contributed by atoms with E-state index in [4.69, 9.17) is 0 Å². The zero-order valence-corrected chi connectivity index (χ0v) is 14.3. The molecule has 1 amide bonds. The summed E-state index contributed by atoms with van der Waals surface area (Å²) in [6, 6.07) is 15.8. The lowest BCUT2D eigenvalue weighted by Crippen LogP contribution is -2.24. The molecule has 0 aliphatic carbocycles. The fourth-order valence-corrected chi connectivity index (χ4v) is 2.55. The number of aryl methyl sites for hydroxylation is 1. The second kappa shape index (κ2) is 7.57. The Morgan fingerprint density at radius 2 is 2.00 bits per heavy atom. The molecule has 5 nitrogen and oxygen atoms in total. The van der Waals surface area contributed by atoms with Crippen LogP contribution in [0.2, 0.25) is 0 Å². The average molecular weight is 332 g/mol. The molecule has 0 saturated heterocycles. The monoisotopic (exact) mass is 332 g/mol. The molecule has 1 atom stereocenters. The van der Waals surface area contributed by atoms with Gasteiger partial charge in [0.1, 0.15) is 12.7 Å². The molecule has 1 aromatic heterocycles. The van der Waals surface area contributed by atoms with Crippen LogP contribution in [-0.2, 0) is 4.79 Å². The fraction of sp³-hybridized carbons (Fsp3) is 0.150. The molecule has 0 aliphatic rings. The van der Waals surface area contributed by atoms with E-state index >= 15 is 0 Å². The Morgan fingerprint density at radius 1 is 1.20 bits per heavy atom. The molecule has 1 heterocycles. The van der Waals surface area contributed by atoms with Crippen molar-refractivity contribution < 1.29 is 4.79 Å². The first kappa shape index (κ1) is 16.6. The number of carbonyl (C=O) groups excluding carboxylic acids is 1. The van der Waals surface area contributed by atoms with E-state index in [9.17, 15) is 4.79 Å². The molecule has 3 rings (SSSR count). The maximum atomic E-state index is 12.1. The van der Waals surface area contributed by atoms with E-state index in [0.717, 1.165) is 16.8 Å². The molecule has 2 aromatic carbocycles. The van der Waals surface area contributed by atoms with E-state index in [2.05, 4.69) is 15.4 Å². The number of nitrogens with one attached hydrogen (secondary N) is 1. The zero-order valence-electron chi connectivity index (χ0n) is 14.3. The van der Waals surface area contributed by atoms with Crippen LogP contribution in [0.4, 0.5) is 0 Å². The van der Waals surface area contributed by atoms with Gasteiger partial charge in [0.05, 0.1) is 11.7 Å². The number of hydrogen-bond donors (Lipinski definition) is 1. The van der Waals surface area contributed by atoms with Gasteiger partial charge in [-0.25, -0.2) is 9.67 Å². The molecule has 0 saturated carbocycles. The molecule has 0 aliphatic heterocycles. The Hall–Kier alpha value is -3.21. The van der Waals surface area contributed by atoms with E-state index in [-0.39, 0.29) is 11.9 Å². The Morgan fingerprint density at radius 3 is 2.68 bits per heavy atom. The van der Waals surface area contributed by atoms with Crippen molar-refractivity contribution in [1.82, 2.24) is 20.1 Å². The first-order chi connectivity index (χ1) is 12.1. The molecule has 0 fully saturated rings. The van der Waals surface area contributed by atoms with Crippen molar-refractivity contribution in [2.75, 3.05) is 0 Å². The van der Waals surface area contributed by atoms with Gasteiger partial charge in [0.15, 0.2) is 0 Å². The summed E-state index contributed by atoms with van der Waals surface area (Å²) >= 11 is 0. The van der Waals surface area contributed by atoms with Crippen molar-refractivity contribution in [3.63, 3.8) is 0 Å². The largest absolute Gasteiger partial charge is 0.346 e. The second-order valence-corrected chi connectivity index (χ2v) is 5.91. The van der Waals surface area contributed by atoms with Crippen LogP contribution in [0, 0.1) is 6.92 Å². The standard InChI is InChI=1S/C20H20N4O/c1-15-4-3-5-17(12-15)6-11-20(25)23-16(2)18-7-9-19(10-8-18)24-14-21-13-22-24/h3-14,16H,1-2H3,(H,23,25)/b11-6+. The molecule has 0 spiro atoms. The number of nitrogens with zero attached hydrogens (tertiary/aromatic N) is 3. The van der Waals surface area contributed by atoms with Gasteiger partial charge in [0.2, 0.25) is 5.91 Å². The van der Waals surface area contributed by atoms with E-state index in [1.807, 2.05) is 68.5 Å². The minimum Gasteiger partial charge on any atom is -0.346 e. The maximum absolute atomic E-state index is 12.1. The highest BCUT2D eigenvalue weighted by Crippen LogP contribution is 2.15. The number of aromatic nitrogens is 3. The van der Waals surface area contributed by atoms with E-state index in [0.29, 0.717) is 0 Å². The molecule has 0 radical (unpaired) electrons. The zero-order chi connectivity index (χ0) is 17.6. The van der Waals surface area contributed by atoms with Gasteiger partial charge >= 0.3 is 0 Å². The van der Waals surface area contributed by atoms with Crippen molar-refractivity contribution in [2.24, 2.45) is 0 Å². The lowest BCUT2D eigenvalue weighted by molar-refractivity contribution is -0.117. The quantitative estimate of drug-likeness (QED) is 0.728. The minimum atomic E-state index is -0.116. The van der Waals surface area contributed by atoms with E-state index in [1.54, 1.807) is 17.1 Å². The van der Waals surface area contributed by atoms with Gasteiger partial charge in [-0.3, -0.25) is 4.79 Å². The summed E-state index contributed by atoms with van der Waals surface area (Å²) in [6.45, 7) is 3.99. The Bertz CT molecular complexity index is 867. The maximum Gasteiger partial charge on any atom is 0.244 e. The lowest BCUT2D eigenvalue weighted by Gasteiger charge is -2.13. The Balaban J connectivity index is 1.61. The molecular weight excluding hydrogens is 312 g/mol. The highest BCUT2D eigenvalue weighted by Gasteiger charge is 2.08. The molecular formula is C20H20N4O. The highest BCUT2D eigenvalue weighted by molar-refractivity contribution is 5.92. The third kappa shape index (κ3) is 4.41. The summed E-state index contributed by atoms with van der Waals surface area (Å²) in [5, 5.41) is 7.07. The SMILES string of the molecule is Cc1cccc(/C=C/C(=O)NC(C)c2ccc(-n3cncn3)cc2)c1. The number of hydrogen-bond acceptors (Lipinski definition) is 3. The molecule has 3 aromatic rings. The third-order valence-corrected chi connectivity index (χ3v) is 3.90. The molecule has 25 heavy (non-hydrogen) atoms. The predicted molar refractivity (Wildman–Crippen MR) is 98.1 cm³/mol. The summed E-state index contributed by atoms with van der Waals surface area (Å²) in [6.07, 6.45) is 6.53. The average Bonchev–Trinajstić information content (AvgIpc) is 3.15. The number of benzene rings is 2. The first-order valence-electron chi connectivity index (χ1n) is 8.12. The fourth-order valence-electron chi connectivity index (χ4n) is 2.55. The van der Waals surface area contributed by atoms with Crippen LogP contribution in [-0.4, -0.2) is 20.7 Å². The van der Waals surface area contributed by atoms with Crippen LogP contribution in [0.15, 0.2) is 67.3 Å². The molecule has 126 valence electrons. The van der Waals surface area contributed by atoms with Crippen LogP contribution < -0.4 is 5.32 Å². The summed E-state index contributed by atoms with van der Waals surface area (Å²) < 4.78 is 1.69. The van der Waals surface area contributed by atoms with Gasteiger partial charge in [-0.15, -0.1) is 0 Å². The number of rotatable bonds is 5. The molecule has 1 unspecified atom stereocenters. The summed E-state index contributed by atoms with van der Waals surface area (Å²) in [7, 11) is 0. The third-order valence-electron chi connectivity index (χ3n) is 3.90. The van der Waals surface area contributed by atoms with Crippen LogP contribution in [0.1, 0.15) is 29.7 Å². The van der Waals surface area contributed by atoms with Crippen LogP contribution in [0.5, 0.6) is 0 Å². The summed E-state index contributed by atoms with van der Waals surface area (Å²) in [4.78, 5) is 16.1. The van der Waals surface area contributed by atoms with Gasteiger partial charge < -0.3 is 5.32 Å². The lowest BCUT2D eigenvalue weighted by atomic mass is 10.1. The van der Waals surface area contributed by atoms with Gasteiger partial charge in [-0.1, -0.05) is 42.0 Å². The minimum absolute atomic E-state index is 0.0838. The molecule has 1 N–H and O–H groups in total. The predicted octanol–water partition coefficient (Wildman–Crippen LogP) is 3.47. The topological polar surface area (TPSA) is 59.8 Å². The van der Waals surface area contributed by atoms with Gasteiger partial charge in [0, 0.05) is 6.08 Å². The van der Waals surface area contributed by atoms with Gasteiger partial charge in [-0.05, 0) is 43.2 Å². The Labute approximate surface area is 147 Å². The van der Waals surface area contributed by atoms with Crippen LogP contribution in [0.25, 0.3) is 11.8 Å². The number of amides is 1. The van der Waals surface area contributed by atoms with Crippen molar-refractivity contribution >= 4 is 12.0 Å². The van der Waals surface area contributed by atoms with Crippen molar-refractivity contribution in [3.05, 3.63) is 84.0 Å². The molecule has 0 bridgehead atoms. The van der Waals surface area contributed by atoms with Crippen molar-refractivity contribution in [3.8, 4) is 5.69 Å². The summed E-state index contributed by atoms with van der Waals surface area (Å²) in [5.74, 6) is -0.116. The number of carbonyl (C=O) groups is 1.